The number of hydrogen-bond acceptors (Lipinski definition) is 5. The molecule has 0 bridgehead atoms. The largest absolute Gasteiger partial charge is 0.416 e. The molecule has 0 aliphatic carbocycles. The molecule has 1 amide bonds. The van der Waals surface area contributed by atoms with Gasteiger partial charge in [0.05, 0.1) is 17.2 Å². The van der Waals surface area contributed by atoms with E-state index in [4.69, 9.17) is 5.73 Å². The maximum Gasteiger partial charge on any atom is 0.416 e. The van der Waals surface area contributed by atoms with Crippen LogP contribution >= 0.6 is 0 Å². The van der Waals surface area contributed by atoms with Gasteiger partial charge in [-0.1, -0.05) is 6.92 Å². The van der Waals surface area contributed by atoms with Crippen LogP contribution in [-0.4, -0.2) is 38.5 Å². The number of nitrogens with one attached hydrogen (secondary N) is 1. The minimum absolute atomic E-state index is 0.0295. The Morgan fingerprint density at radius 1 is 1.26 bits per heavy atom. The molecule has 7 nitrogen and oxygen atoms in total. The Kier molecular flexibility index (Phi) is 5.03. The van der Waals surface area contributed by atoms with Gasteiger partial charge in [0.15, 0.2) is 5.82 Å². The van der Waals surface area contributed by atoms with Crippen LogP contribution in [0.25, 0.3) is 5.52 Å². The third-order valence-corrected chi connectivity index (χ3v) is 5.33. The number of fused-ring (bicyclic) bond motifs is 1. The van der Waals surface area contributed by atoms with Gasteiger partial charge in [-0.05, 0) is 49.6 Å². The summed E-state index contributed by atoms with van der Waals surface area (Å²) >= 11 is 0. The summed E-state index contributed by atoms with van der Waals surface area (Å²) in [5, 5.41) is 7.47. The van der Waals surface area contributed by atoms with Gasteiger partial charge < -0.3 is 16.0 Å². The smallest absolute Gasteiger partial charge is 0.399 e. The Morgan fingerprint density at radius 3 is 2.61 bits per heavy atom. The summed E-state index contributed by atoms with van der Waals surface area (Å²) in [6, 6.07) is 4.65. The first kappa shape index (κ1) is 21.0. The second-order valence-electron chi connectivity index (χ2n) is 8.13. The maximum atomic E-state index is 13.2. The number of amides is 1. The van der Waals surface area contributed by atoms with Crippen LogP contribution in [0.15, 0.2) is 30.5 Å². The van der Waals surface area contributed by atoms with Gasteiger partial charge in [0, 0.05) is 25.0 Å². The summed E-state index contributed by atoms with van der Waals surface area (Å²) in [4.78, 5) is 18.8. The number of aromatic nitrogens is 3. The number of carbonyl (C=O) groups excluding carboxylic acids is 1. The highest BCUT2D eigenvalue weighted by atomic mass is 19.4. The molecule has 1 saturated heterocycles. The van der Waals surface area contributed by atoms with E-state index in [0.29, 0.717) is 34.2 Å². The first-order valence-electron chi connectivity index (χ1n) is 9.92. The predicted octanol–water partition coefficient (Wildman–Crippen LogP) is 3.90. The molecule has 3 heterocycles. The zero-order valence-corrected chi connectivity index (χ0v) is 17.4. The molecule has 4 rings (SSSR count). The Labute approximate surface area is 177 Å². The highest BCUT2D eigenvalue weighted by Crippen LogP contribution is 2.33. The Morgan fingerprint density at radius 2 is 1.97 bits per heavy atom. The summed E-state index contributed by atoms with van der Waals surface area (Å²) in [7, 11) is 0. The van der Waals surface area contributed by atoms with E-state index < -0.39 is 17.8 Å². The molecule has 1 aliphatic heterocycles. The number of nitrogen functional groups attached to an aromatic ring is 1. The van der Waals surface area contributed by atoms with Crippen LogP contribution in [0.2, 0.25) is 0 Å². The van der Waals surface area contributed by atoms with Crippen LogP contribution in [0.3, 0.4) is 0 Å². The van der Waals surface area contributed by atoms with Gasteiger partial charge in [-0.2, -0.15) is 18.3 Å². The van der Waals surface area contributed by atoms with E-state index in [1.165, 1.54) is 6.07 Å². The van der Waals surface area contributed by atoms with Crippen LogP contribution in [0, 0.1) is 12.8 Å². The zero-order chi connectivity index (χ0) is 22.5. The number of aryl methyl sites for hydroxylation is 1. The molecule has 1 aromatic carbocycles. The number of halogens is 3. The number of alkyl halides is 3. The number of nitrogens with zero attached hydrogens (tertiary/aromatic N) is 4. The SMILES string of the molecule is Cc1nc(N[C@H](C)c2cc(N)cc(C(F)(F)F)c2)c2cc(C(=O)N3CC(C)C3)cn2n1. The predicted molar refractivity (Wildman–Crippen MR) is 111 cm³/mol. The summed E-state index contributed by atoms with van der Waals surface area (Å²) in [6.07, 6.45) is -2.85. The fourth-order valence-corrected chi connectivity index (χ4v) is 3.76. The van der Waals surface area contributed by atoms with Gasteiger partial charge in [0.2, 0.25) is 0 Å². The van der Waals surface area contributed by atoms with Crippen molar-refractivity contribution in [2.75, 3.05) is 24.1 Å². The lowest BCUT2D eigenvalue weighted by Crippen LogP contribution is -2.48. The van der Waals surface area contributed by atoms with E-state index in [1.54, 1.807) is 35.5 Å². The standard InChI is InChI=1S/C21H23F3N6O/c1-11-8-29(9-11)20(31)15-6-18-19(27-13(3)28-30(18)10-15)26-12(2)14-4-16(21(22,23)24)7-17(25)5-14/h4-7,10-12H,8-9,25H2,1-3H3,(H,26,27,28)/t12-/m1/s1. The molecular formula is C21H23F3N6O. The topological polar surface area (TPSA) is 88.5 Å². The van der Waals surface area contributed by atoms with Crippen molar-refractivity contribution in [3.63, 3.8) is 0 Å². The van der Waals surface area contributed by atoms with E-state index in [9.17, 15) is 18.0 Å². The average Bonchev–Trinajstić information content (AvgIpc) is 3.08. The molecule has 0 unspecified atom stereocenters. The first-order valence-corrected chi connectivity index (χ1v) is 9.92. The molecule has 1 atom stereocenters. The summed E-state index contributed by atoms with van der Waals surface area (Å²) in [5.74, 6) is 1.29. The van der Waals surface area contributed by atoms with E-state index in [-0.39, 0.29) is 11.6 Å². The van der Waals surface area contributed by atoms with E-state index in [2.05, 4.69) is 22.3 Å². The maximum absolute atomic E-state index is 13.2. The molecule has 10 heteroatoms. The quantitative estimate of drug-likeness (QED) is 0.611. The van der Waals surface area contributed by atoms with Crippen LogP contribution in [0.5, 0.6) is 0 Å². The van der Waals surface area contributed by atoms with Crippen LogP contribution in [-0.2, 0) is 6.18 Å². The molecule has 31 heavy (non-hydrogen) atoms. The van der Waals surface area contributed by atoms with Crippen LogP contribution in [0.4, 0.5) is 24.7 Å². The summed E-state index contributed by atoms with van der Waals surface area (Å²) in [5.41, 5.74) is 6.35. The number of anilines is 2. The zero-order valence-electron chi connectivity index (χ0n) is 17.4. The fourth-order valence-electron chi connectivity index (χ4n) is 3.76. The van der Waals surface area contributed by atoms with Gasteiger partial charge in [-0.25, -0.2) is 9.50 Å². The number of rotatable bonds is 4. The van der Waals surface area contributed by atoms with Crippen molar-refractivity contribution >= 4 is 22.9 Å². The number of benzene rings is 1. The molecular weight excluding hydrogens is 409 g/mol. The Balaban J connectivity index is 1.65. The van der Waals surface area contributed by atoms with Crippen LogP contribution in [0.1, 0.15) is 47.2 Å². The van der Waals surface area contributed by atoms with Crippen molar-refractivity contribution in [2.45, 2.75) is 33.0 Å². The molecule has 3 N–H and O–H groups in total. The lowest BCUT2D eigenvalue weighted by Gasteiger charge is -2.36. The Bertz CT molecular complexity index is 1150. The van der Waals surface area contributed by atoms with Crippen molar-refractivity contribution in [3.05, 3.63) is 53.0 Å². The lowest BCUT2D eigenvalue weighted by atomic mass is 10.0. The number of hydrogen-bond donors (Lipinski definition) is 2. The second-order valence-corrected chi connectivity index (χ2v) is 8.13. The minimum Gasteiger partial charge on any atom is -0.399 e. The monoisotopic (exact) mass is 432 g/mol. The van der Waals surface area contributed by atoms with Gasteiger partial charge in [-0.3, -0.25) is 4.79 Å². The van der Waals surface area contributed by atoms with Crippen molar-refractivity contribution in [1.82, 2.24) is 19.5 Å². The van der Waals surface area contributed by atoms with Crippen molar-refractivity contribution < 1.29 is 18.0 Å². The third kappa shape index (κ3) is 4.14. The molecule has 0 spiro atoms. The van der Waals surface area contributed by atoms with Gasteiger partial charge in [-0.15, -0.1) is 0 Å². The van der Waals surface area contributed by atoms with Gasteiger partial charge >= 0.3 is 6.18 Å². The van der Waals surface area contributed by atoms with Crippen molar-refractivity contribution in [1.29, 1.82) is 0 Å². The summed E-state index contributed by atoms with van der Waals surface area (Å²) in [6.45, 7) is 6.94. The molecule has 1 aliphatic rings. The normalized spacial score (nSPS) is 15.7. The highest BCUT2D eigenvalue weighted by molar-refractivity contribution is 5.97. The van der Waals surface area contributed by atoms with E-state index in [1.807, 2.05) is 0 Å². The fraction of sp³-hybridized carbons (Fsp3) is 0.381. The Hall–Kier alpha value is -3.30. The number of carbonyl (C=O) groups is 1. The average molecular weight is 432 g/mol. The van der Waals surface area contributed by atoms with E-state index >= 15 is 0 Å². The molecule has 0 radical (unpaired) electrons. The van der Waals surface area contributed by atoms with E-state index in [0.717, 1.165) is 25.2 Å². The molecule has 164 valence electrons. The van der Waals surface area contributed by atoms with Gasteiger partial charge in [0.1, 0.15) is 11.3 Å². The first-order chi connectivity index (χ1) is 14.5. The molecule has 1 fully saturated rings. The molecule has 2 aromatic heterocycles. The van der Waals surface area contributed by atoms with Crippen molar-refractivity contribution in [2.24, 2.45) is 5.92 Å². The number of nitrogens with two attached hydrogens (primary N) is 1. The highest BCUT2D eigenvalue weighted by Gasteiger charge is 2.32. The van der Waals surface area contributed by atoms with Crippen LogP contribution < -0.4 is 11.1 Å². The third-order valence-electron chi connectivity index (χ3n) is 5.33. The second kappa shape index (κ2) is 7.44. The molecule has 0 saturated carbocycles. The van der Waals surface area contributed by atoms with Gasteiger partial charge in [0.25, 0.3) is 5.91 Å². The van der Waals surface area contributed by atoms with Crippen molar-refractivity contribution in [3.8, 4) is 0 Å². The summed E-state index contributed by atoms with van der Waals surface area (Å²) < 4.78 is 41.1. The number of likely N-dealkylation sites (tertiary alicyclic amines) is 1. The lowest BCUT2D eigenvalue weighted by molar-refractivity contribution is -0.137. The molecule has 3 aromatic rings. The minimum atomic E-state index is -4.49.